The van der Waals surface area contributed by atoms with Crippen LogP contribution < -0.4 is 0 Å². The molecule has 0 amide bonds. The Bertz CT molecular complexity index is 511. The standard InChI is InChI=1S/C10H9FN4S/c1-7(10-8(11)3-2-5-12-10)15-6-4-9(13-15)14-16/h2-7H,1H3. The molecule has 6 heteroatoms. The Kier molecular flexibility index (Phi) is 3.00. The molecule has 2 heterocycles. The van der Waals surface area contributed by atoms with E-state index in [1.165, 1.54) is 6.07 Å². The number of nitrogens with zero attached hydrogens (tertiary/aromatic N) is 4. The molecule has 0 spiro atoms. The van der Waals surface area contributed by atoms with Gasteiger partial charge in [0.25, 0.3) is 0 Å². The molecule has 0 aliphatic carbocycles. The van der Waals surface area contributed by atoms with E-state index in [9.17, 15) is 4.39 Å². The van der Waals surface area contributed by atoms with Gasteiger partial charge in [-0.1, -0.05) is 0 Å². The second-order valence-electron chi connectivity index (χ2n) is 3.29. The second kappa shape index (κ2) is 4.44. The highest BCUT2D eigenvalue weighted by molar-refractivity contribution is 7.47. The van der Waals surface area contributed by atoms with Gasteiger partial charge in [0.05, 0.1) is 6.04 Å². The summed E-state index contributed by atoms with van der Waals surface area (Å²) in [6.07, 6.45) is 3.25. The lowest BCUT2D eigenvalue weighted by molar-refractivity contribution is 0.506. The van der Waals surface area contributed by atoms with E-state index < -0.39 is 0 Å². The minimum absolute atomic E-state index is 0.285. The highest BCUT2D eigenvalue weighted by Gasteiger charge is 2.14. The summed E-state index contributed by atoms with van der Waals surface area (Å²) in [5.74, 6) is 0.0977. The Balaban J connectivity index is 2.35. The largest absolute Gasteiger partial charge is 0.262 e. The van der Waals surface area contributed by atoms with Crippen LogP contribution >= 0.6 is 0 Å². The fourth-order valence-corrected chi connectivity index (χ4v) is 1.52. The lowest BCUT2D eigenvalue weighted by atomic mass is 10.2. The molecule has 2 aromatic heterocycles. The van der Waals surface area contributed by atoms with Crippen molar-refractivity contribution in [3.05, 3.63) is 42.1 Å². The van der Waals surface area contributed by atoms with Gasteiger partial charge in [0.15, 0.2) is 5.82 Å². The maximum absolute atomic E-state index is 13.5. The smallest absolute Gasteiger partial charge is 0.187 e. The van der Waals surface area contributed by atoms with Crippen LogP contribution in [0.1, 0.15) is 18.7 Å². The van der Waals surface area contributed by atoms with Crippen LogP contribution in [0, 0.1) is 5.82 Å². The zero-order valence-corrected chi connectivity index (χ0v) is 9.36. The first-order valence-electron chi connectivity index (χ1n) is 4.71. The molecule has 0 saturated heterocycles. The average Bonchev–Trinajstić information content (AvgIpc) is 2.77. The number of pyridine rings is 1. The first kappa shape index (κ1) is 10.8. The van der Waals surface area contributed by atoms with Crippen LogP contribution in [0.25, 0.3) is 0 Å². The van der Waals surface area contributed by atoms with E-state index in [0.29, 0.717) is 11.5 Å². The summed E-state index contributed by atoms with van der Waals surface area (Å²) in [4.78, 5) is 4.00. The first-order chi connectivity index (χ1) is 7.72. The van der Waals surface area contributed by atoms with E-state index >= 15 is 0 Å². The van der Waals surface area contributed by atoms with Crippen LogP contribution in [-0.4, -0.2) is 14.8 Å². The zero-order valence-electron chi connectivity index (χ0n) is 8.54. The summed E-state index contributed by atoms with van der Waals surface area (Å²) in [5.41, 5.74) is 0.349. The maximum atomic E-state index is 13.5. The van der Waals surface area contributed by atoms with Gasteiger partial charge in [-0.2, -0.15) is 9.46 Å². The fourth-order valence-electron chi connectivity index (χ4n) is 1.42. The summed E-state index contributed by atoms with van der Waals surface area (Å²) >= 11 is 4.52. The molecule has 1 atom stereocenters. The second-order valence-corrected chi connectivity index (χ2v) is 3.47. The molecule has 0 aromatic carbocycles. The molecule has 16 heavy (non-hydrogen) atoms. The van der Waals surface area contributed by atoms with Crippen molar-refractivity contribution in [1.29, 1.82) is 0 Å². The van der Waals surface area contributed by atoms with Crippen molar-refractivity contribution in [2.75, 3.05) is 0 Å². The number of rotatable bonds is 3. The summed E-state index contributed by atoms with van der Waals surface area (Å²) in [6, 6.07) is 4.32. The Morgan fingerprint density at radius 1 is 1.50 bits per heavy atom. The molecule has 2 aromatic rings. The Labute approximate surface area is 97.3 Å². The van der Waals surface area contributed by atoms with Crippen LogP contribution in [0.3, 0.4) is 0 Å². The van der Waals surface area contributed by atoms with Crippen molar-refractivity contribution in [3.63, 3.8) is 0 Å². The van der Waals surface area contributed by atoms with E-state index in [1.54, 1.807) is 29.2 Å². The molecule has 0 bridgehead atoms. The molecule has 0 saturated carbocycles. The van der Waals surface area contributed by atoms with Crippen molar-refractivity contribution in [2.45, 2.75) is 13.0 Å². The normalized spacial score (nSPS) is 12.4. The molecule has 4 nitrogen and oxygen atoms in total. The third-order valence-corrected chi connectivity index (χ3v) is 2.45. The van der Waals surface area contributed by atoms with E-state index in [2.05, 4.69) is 26.9 Å². The number of halogens is 1. The molecule has 0 N–H and O–H groups in total. The van der Waals surface area contributed by atoms with Gasteiger partial charge in [-0.05, 0) is 19.1 Å². The third kappa shape index (κ3) is 1.96. The quantitative estimate of drug-likeness (QED) is 0.821. The Morgan fingerprint density at radius 2 is 2.31 bits per heavy atom. The van der Waals surface area contributed by atoms with Gasteiger partial charge in [0, 0.05) is 30.9 Å². The summed E-state index contributed by atoms with van der Waals surface area (Å²) < 4.78 is 18.6. The molecule has 0 aliphatic heterocycles. The Hall–Kier alpha value is -1.69. The van der Waals surface area contributed by atoms with Gasteiger partial charge in [0.1, 0.15) is 11.5 Å². The Morgan fingerprint density at radius 3 is 2.94 bits per heavy atom. The third-order valence-electron chi connectivity index (χ3n) is 2.27. The summed E-state index contributed by atoms with van der Waals surface area (Å²) in [5, 5.41) is 4.09. The van der Waals surface area contributed by atoms with E-state index in [0.717, 1.165) is 0 Å². The van der Waals surface area contributed by atoms with Gasteiger partial charge in [-0.25, -0.2) is 4.39 Å². The van der Waals surface area contributed by atoms with Gasteiger partial charge in [-0.15, -0.1) is 0 Å². The number of hydrogen-bond donors (Lipinski definition) is 0. The molecule has 0 aliphatic rings. The highest BCUT2D eigenvalue weighted by Crippen LogP contribution is 2.19. The van der Waals surface area contributed by atoms with Crippen LogP contribution in [0.15, 0.2) is 35.0 Å². The minimum atomic E-state index is -0.345. The number of aromatic nitrogens is 3. The monoisotopic (exact) mass is 236 g/mol. The molecular weight excluding hydrogens is 227 g/mol. The minimum Gasteiger partial charge on any atom is -0.262 e. The molecule has 1 unspecified atom stereocenters. The average molecular weight is 236 g/mol. The molecule has 0 fully saturated rings. The SMILES string of the molecule is CC(c1ncccc1F)n1ccc(N=S)n1. The number of hydrogen-bond acceptors (Lipinski definition) is 4. The topological polar surface area (TPSA) is 43.1 Å². The van der Waals surface area contributed by atoms with Crippen molar-refractivity contribution in [3.8, 4) is 0 Å². The van der Waals surface area contributed by atoms with Crippen molar-refractivity contribution < 1.29 is 4.39 Å². The van der Waals surface area contributed by atoms with E-state index in [4.69, 9.17) is 0 Å². The van der Waals surface area contributed by atoms with Crippen LogP contribution in [0.2, 0.25) is 0 Å². The zero-order chi connectivity index (χ0) is 11.5. The fraction of sp³-hybridized carbons (Fsp3) is 0.200. The van der Waals surface area contributed by atoms with Gasteiger partial charge < -0.3 is 0 Å². The predicted molar refractivity (Wildman–Crippen MR) is 59.7 cm³/mol. The van der Waals surface area contributed by atoms with Crippen LogP contribution in [0.4, 0.5) is 10.2 Å². The van der Waals surface area contributed by atoms with Gasteiger partial charge in [0.2, 0.25) is 0 Å². The van der Waals surface area contributed by atoms with Crippen molar-refractivity contribution in [1.82, 2.24) is 14.8 Å². The first-order valence-corrected chi connectivity index (χ1v) is 5.08. The summed E-state index contributed by atoms with van der Waals surface area (Å²) in [7, 11) is 0. The molecule has 2 rings (SSSR count). The lowest BCUT2D eigenvalue weighted by Gasteiger charge is -2.11. The highest BCUT2D eigenvalue weighted by atomic mass is 32.1. The lowest BCUT2D eigenvalue weighted by Crippen LogP contribution is -2.10. The predicted octanol–water partition coefficient (Wildman–Crippen LogP) is 2.39. The molecular formula is C10H9FN4S. The van der Waals surface area contributed by atoms with Crippen LogP contribution in [0.5, 0.6) is 0 Å². The van der Waals surface area contributed by atoms with E-state index in [1.807, 2.05) is 6.92 Å². The van der Waals surface area contributed by atoms with E-state index in [-0.39, 0.29) is 11.9 Å². The van der Waals surface area contributed by atoms with Crippen LogP contribution in [-0.2, 0) is 12.4 Å². The van der Waals surface area contributed by atoms with Crippen molar-refractivity contribution in [2.24, 2.45) is 4.36 Å². The van der Waals surface area contributed by atoms with Crippen molar-refractivity contribution >= 4 is 18.2 Å². The summed E-state index contributed by atoms with van der Waals surface area (Å²) in [6.45, 7) is 1.81. The maximum Gasteiger partial charge on any atom is 0.187 e. The molecule has 0 radical (unpaired) electrons. The van der Waals surface area contributed by atoms with Gasteiger partial charge in [-0.3, -0.25) is 9.67 Å². The molecule has 82 valence electrons. The van der Waals surface area contributed by atoms with Gasteiger partial charge >= 0.3 is 0 Å².